The summed E-state index contributed by atoms with van der Waals surface area (Å²) in [5.41, 5.74) is 1.25. The minimum absolute atomic E-state index is 0.373. The highest BCUT2D eigenvalue weighted by atomic mass is 35.5. The highest BCUT2D eigenvalue weighted by molar-refractivity contribution is 6.31. The third-order valence-corrected chi connectivity index (χ3v) is 2.11. The molecule has 0 aliphatic rings. The Kier molecular flexibility index (Phi) is 3.31. The van der Waals surface area contributed by atoms with Gasteiger partial charge in [0.05, 0.1) is 0 Å². The molecule has 0 saturated heterocycles. The van der Waals surface area contributed by atoms with E-state index < -0.39 is 5.97 Å². The van der Waals surface area contributed by atoms with E-state index in [1.807, 2.05) is 6.92 Å². The van der Waals surface area contributed by atoms with E-state index in [9.17, 15) is 4.79 Å². The molecule has 0 heterocycles. The average molecular weight is 211 g/mol. The lowest BCUT2D eigenvalue weighted by Crippen LogP contribution is -2.08. The van der Waals surface area contributed by atoms with Crippen LogP contribution in [0.25, 0.3) is 0 Å². The molecular weight excluding hydrogens is 200 g/mol. The van der Waals surface area contributed by atoms with Crippen LogP contribution in [0.15, 0.2) is 30.4 Å². The van der Waals surface area contributed by atoms with Gasteiger partial charge in [-0.25, -0.2) is 4.79 Å². The summed E-state index contributed by atoms with van der Waals surface area (Å²) in [7, 11) is 0. The standard InChI is InChI=1S/C11H11ClO2/c1-7(2)11(13)14-9-4-5-10(12)8(3)6-9/h4-6H,1H2,2-3H3. The molecular formula is C11H11ClO2. The summed E-state index contributed by atoms with van der Waals surface area (Å²) in [5.74, 6) is 0.0617. The normalized spacial score (nSPS) is 9.64. The van der Waals surface area contributed by atoms with E-state index in [1.54, 1.807) is 25.1 Å². The number of benzene rings is 1. The number of carbonyl (C=O) groups is 1. The molecule has 0 aliphatic heterocycles. The summed E-state index contributed by atoms with van der Waals surface area (Å²) in [6.45, 7) is 6.94. The molecule has 0 N–H and O–H groups in total. The van der Waals surface area contributed by atoms with Crippen LogP contribution in [0, 0.1) is 6.92 Å². The van der Waals surface area contributed by atoms with E-state index in [-0.39, 0.29) is 0 Å². The summed E-state index contributed by atoms with van der Waals surface area (Å²) < 4.78 is 5.01. The van der Waals surface area contributed by atoms with Gasteiger partial charge >= 0.3 is 5.97 Å². The van der Waals surface area contributed by atoms with Crippen LogP contribution in [0.5, 0.6) is 5.75 Å². The van der Waals surface area contributed by atoms with Gasteiger partial charge in [0.1, 0.15) is 5.75 Å². The molecule has 74 valence electrons. The molecule has 0 unspecified atom stereocenters. The fourth-order valence-corrected chi connectivity index (χ4v) is 0.992. The summed E-state index contributed by atoms with van der Waals surface area (Å²) in [6, 6.07) is 5.05. The summed E-state index contributed by atoms with van der Waals surface area (Å²) in [5, 5.41) is 0.653. The van der Waals surface area contributed by atoms with Crippen molar-refractivity contribution in [3.8, 4) is 5.75 Å². The van der Waals surface area contributed by atoms with Crippen molar-refractivity contribution in [2.75, 3.05) is 0 Å². The number of aryl methyl sites for hydroxylation is 1. The van der Waals surface area contributed by atoms with Crippen molar-refractivity contribution in [3.63, 3.8) is 0 Å². The van der Waals surface area contributed by atoms with Gasteiger partial charge in [-0.2, -0.15) is 0 Å². The van der Waals surface area contributed by atoms with Crippen LogP contribution in [0.2, 0.25) is 5.02 Å². The maximum Gasteiger partial charge on any atom is 0.338 e. The number of halogens is 1. The average Bonchev–Trinajstić information content (AvgIpc) is 2.11. The van der Waals surface area contributed by atoms with Crippen LogP contribution in [0.4, 0.5) is 0 Å². The zero-order chi connectivity index (χ0) is 10.7. The first-order valence-electron chi connectivity index (χ1n) is 4.14. The van der Waals surface area contributed by atoms with Crippen LogP contribution in [0.1, 0.15) is 12.5 Å². The highest BCUT2D eigenvalue weighted by Crippen LogP contribution is 2.21. The van der Waals surface area contributed by atoms with Crippen LogP contribution >= 0.6 is 11.6 Å². The van der Waals surface area contributed by atoms with Crippen molar-refractivity contribution >= 4 is 17.6 Å². The molecule has 14 heavy (non-hydrogen) atoms. The number of esters is 1. The SMILES string of the molecule is C=C(C)C(=O)Oc1ccc(Cl)c(C)c1. The van der Waals surface area contributed by atoms with Crippen LogP contribution in [0.3, 0.4) is 0 Å². The van der Waals surface area contributed by atoms with Gasteiger partial charge in [0.25, 0.3) is 0 Å². The van der Waals surface area contributed by atoms with Gasteiger partial charge in [-0.15, -0.1) is 0 Å². The molecule has 0 bridgehead atoms. The van der Waals surface area contributed by atoms with Gasteiger partial charge in [0.2, 0.25) is 0 Å². The minimum atomic E-state index is -0.424. The Hall–Kier alpha value is -1.28. The fraction of sp³-hybridized carbons (Fsp3) is 0.182. The first-order chi connectivity index (χ1) is 6.50. The number of hydrogen-bond donors (Lipinski definition) is 0. The van der Waals surface area contributed by atoms with Crippen LogP contribution < -0.4 is 4.74 Å². The summed E-state index contributed by atoms with van der Waals surface area (Å²) in [4.78, 5) is 11.2. The molecule has 0 saturated carbocycles. The number of rotatable bonds is 2. The molecule has 1 rings (SSSR count). The maximum atomic E-state index is 11.2. The van der Waals surface area contributed by atoms with Gasteiger partial charge < -0.3 is 4.74 Å². The fourth-order valence-electron chi connectivity index (χ4n) is 0.875. The van der Waals surface area contributed by atoms with E-state index >= 15 is 0 Å². The molecule has 2 nitrogen and oxygen atoms in total. The summed E-state index contributed by atoms with van der Waals surface area (Å²) in [6.07, 6.45) is 0. The molecule has 0 amide bonds. The van der Waals surface area contributed by atoms with Crippen molar-refractivity contribution in [1.82, 2.24) is 0 Å². The molecule has 0 spiro atoms. The molecule has 1 aromatic carbocycles. The molecule has 0 aromatic heterocycles. The molecule has 3 heteroatoms. The van der Waals surface area contributed by atoms with Crippen molar-refractivity contribution in [2.24, 2.45) is 0 Å². The van der Waals surface area contributed by atoms with Gasteiger partial charge in [-0.05, 0) is 37.6 Å². The molecule has 0 aliphatic carbocycles. The van der Waals surface area contributed by atoms with Crippen molar-refractivity contribution < 1.29 is 9.53 Å². The molecule has 0 atom stereocenters. The molecule has 0 radical (unpaired) electrons. The summed E-state index contributed by atoms with van der Waals surface area (Å²) >= 11 is 5.82. The maximum absolute atomic E-state index is 11.2. The van der Waals surface area contributed by atoms with Crippen molar-refractivity contribution in [2.45, 2.75) is 13.8 Å². The van der Waals surface area contributed by atoms with Gasteiger partial charge in [0.15, 0.2) is 0 Å². The second-order valence-corrected chi connectivity index (χ2v) is 3.49. The molecule has 1 aromatic rings. The Bertz CT molecular complexity index is 383. The lowest BCUT2D eigenvalue weighted by atomic mass is 10.2. The highest BCUT2D eigenvalue weighted by Gasteiger charge is 2.05. The third kappa shape index (κ3) is 2.60. The first kappa shape index (κ1) is 10.8. The Morgan fingerprint density at radius 3 is 2.64 bits per heavy atom. The smallest absolute Gasteiger partial charge is 0.338 e. The van der Waals surface area contributed by atoms with Gasteiger partial charge in [-0.1, -0.05) is 18.2 Å². The largest absolute Gasteiger partial charge is 0.423 e. The predicted octanol–water partition coefficient (Wildman–Crippen LogP) is 3.13. The minimum Gasteiger partial charge on any atom is -0.423 e. The topological polar surface area (TPSA) is 26.3 Å². The Balaban J connectivity index is 2.83. The zero-order valence-electron chi connectivity index (χ0n) is 8.13. The second kappa shape index (κ2) is 4.29. The second-order valence-electron chi connectivity index (χ2n) is 3.08. The van der Waals surface area contributed by atoms with E-state index in [4.69, 9.17) is 16.3 Å². The Morgan fingerprint density at radius 2 is 2.14 bits per heavy atom. The van der Waals surface area contributed by atoms with E-state index in [0.717, 1.165) is 5.56 Å². The Labute approximate surface area is 88.1 Å². The number of ether oxygens (including phenoxy) is 1. The van der Waals surface area contributed by atoms with E-state index in [0.29, 0.717) is 16.3 Å². The number of carbonyl (C=O) groups excluding carboxylic acids is 1. The molecule has 0 fully saturated rings. The number of hydrogen-bond acceptors (Lipinski definition) is 2. The lowest BCUT2D eigenvalue weighted by Gasteiger charge is -2.05. The van der Waals surface area contributed by atoms with Crippen molar-refractivity contribution in [3.05, 3.63) is 40.9 Å². The first-order valence-corrected chi connectivity index (χ1v) is 4.52. The Morgan fingerprint density at radius 1 is 1.50 bits per heavy atom. The third-order valence-electron chi connectivity index (χ3n) is 1.69. The van der Waals surface area contributed by atoms with E-state index in [2.05, 4.69) is 6.58 Å². The predicted molar refractivity (Wildman–Crippen MR) is 56.6 cm³/mol. The van der Waals surface area contributed by atoms with Crippen LogP contribution in [-0.2, 0) is 4.79 Å². The van der Waals surface area contributed by atoms with Crippen molar-refractivity contribution in [1.29, 1.82) is 0 Å². The lowest BCUT2D eigenvalue weighted by molar-refractivity contribution is -0.130. The monoisotopic (exact) mass is 210 g/mol. The van der Waals surface area contributed by atoms with Gasteiger partial charge in [-0.3, -0.25) is 0 Å². The van der Waals surface area contributed by atoms with Gasteiger partial charge in [0, 0.05) is 10.6 Å². The van der Waals surface area contributed by atoms with E-state index in [1.165, 1.54) is 0 Å². The zero-order valence-corrected chi connectivity index (χ0v) is 8.89. The van der Waals surface area contributed by atoms with Crippen LogP contribution in [-0.4, -0.2) is 5.97 Å². The quantitative estimate of drug-likeness (QED) is 0.426.